The van der Waals surface area contributed by atoms with Crippen molar-refractivity contribution in [2.45, 2.75) is 5.88 Å². The number of halogens is 4. The van der Waals surface area contributed by atoms with Gasteiger partial charge in [0.2, 0.25) is 0 Å². The maximum atomic E-state index is 6.28. The van der Waals surface area contributed by atoms with E-state index in [1.54, 1.807) is 35.0 Å². The molecule has 112 valence electrons. The SMILES string of the molecule is ClCc1nc(-c2ccc(Cl)cc2Cl)n(-c2ccc(Cl)cc2)n1. The molecule has 3 aromatic rings. The zero-order valence-electron chi connectivity index (χ0n) is 11.1. The summed E-state index contributed by atoms with van der Waals surface area (Å²) in [6, 6.07) is 12.5. The Labute approximate surface area is 147 Å². The molecule has 0 atom stereocenters. The molecule has 0 saturated carbocycles. The second kappa shape index (κ2) is 6.47. The Morgan fingerprint density at radius 1 is 0.909 bits per heavy atom. The molecule has 3 nitrogen and oxygen atoms in total. The number of hydrogen-bond acceptors (Lipinski definition) is 2. The Bertz CT molecular complexity index is 812. The van der Waals surface area contributed by atoms with Crippen LogP contribution in [-0.2, 0) is 5.88 Å². The van der Waals surface area contributed by atoms with Gasteiger partial charge in [-0.1, -0.05) is 34.8 Å². The van der Waals surface area contributed by atoms with Crippen molar-refractivity contribution in [3.8, 4) is 17.1 Å². The third kappa shape index (κ3) is 3.08. The second-order valence-electron chi connectivity index (χ2n) is 4.50. The van der Waals surface area contributed by atoms with Gasteiger partial charge < -0.3 is 0 Å². The Balaban J connectivity index is 2.18. The van der Waals surface area contributed by atoms with E-state index in [1.165, 1.54) is 0 Å². The molecule has 22 heavy (non-hydrogen) atoms. The molecule has 3 rings (SSSR count). The van der Waals surface area contributed by atoms with Gasteiger partial charge in [0, 0.05) is 15.6 Å². The van der Waals surface area contributed by atoms with Gasteiger partial charge in [0.15, 0.2) is 11.6 Å². The molecular weight excluding hydrogens is 364 g/mol. The maximum absolute atomic E-state index is 6.28. The van der Waals surface area contributed by atoms with E-state index in [4.69, 9.17) is 46.4 Å². The van der Waals surface area contributed by atoms with E-state index in [0.717, 1.165) is 11.3 Å². The molecule has 0 aliphatic carbocycles. The number of aromatic nitrogens is 3. The number of rotatable bonds is 3. The fraction of sp³-hybridized carbons (Fsp3) is 0.0667. The van der Waals surface area contributed by atoms with Crippen LogP contribution in [0.1, 0.15) is 5.82 Å². The number of benzene rings is 2. The molecule has 0 aliphatic heterocycles. The standard InChI is InChI=1S/C15H9Cl4N3/c16-8-14-20-15(12-6-3-10(18)7-13(12)19)22(21-14)11-4-1-9(17)2-5-11/h1-7H,8H2. The van der Waals surface area contributed by atoms with Crippen molar-refractivity contribution in [2.24, 2.45) is 0 Å². The van der Waals surface area contributed by atoms with E-state index in [1.807, 2.05) is 12.1 Å². The lowest BCUT2D eigenvalue weighted by molar-refractivity contribution is 0.865. The fourth-order valence-corrected chi connectivity index (χ4v) is 2.75. The van der Waals surface area contributed by atoms with Gasteiger partial charge in [0.25, 0.3) is 0 Å². The van der Waals surface area contributed by atoms with E-state index >= 15 is 0 Å². The van der Waals surface area contributed by atoms with Crippen LogP contribution in [0, 0.1) is 0 Å². The monoisotopic (exact) mass is 371 g/mol. The molecule has 0 bridgehead atoms. The first kappa shape index (κ1) is 15.6. The average Bonchev–Trinajstić information content (AvgIpc) is 2.92. The highest BCUT2D eigenvalue weighted by molar-refractivity contribution is 6.36. The molecule has 2 aromatic carbocycles. The normalized spacial score (nSPS) is 10.9. The maximum Gasteiger partial charge on any atom is 0.166 e. The highest BCUT2D eigenvalue weighted by atomic mass is 35.5. The highest BCUT2D eigenvalue weighted by Gasteiger charge is 2.16. The van der Waals surface area contributed by atoms with E-state index < -0.39 is 0 Å². The van der Waals surface area contributed by atoms with Crippen molar-refractivity contribution >= 4 is 46.4 Å². The van der Waals surface area contributed by atoms with Crippen LogP contribution in [0.15, 0.2) is 42.5 Å². The molecule has 1 heterocycles. The van der Waals surface area contributed by atoms with Crippen molar-refractivity contribution in [2.75, 3.05) is 0 Å². The summed E-state index contributed by atoms with van der Waals surface area (Å²) >= 11 is 24.0. The summed E-state index contributed by atoms with van der Waals surface area (Å²) in [6.45, 7) is 0. The van der Waals surface area contributed by atoms with Crippen LogP contribution in [0.2, 0.25) is 15.1 Å². The van der Waals surface area contributed by atoms with Gasteiger partial charge in [-0.2, -0.15) is 0 Å². The zero-order valence-corrected chi connectivity index (χ0v) is 14.1. The van der Waals surface area contributed by atoms with E-state index in [-0.39, 0.29) is 5.88 Å². The fourth-order valence-electron chi connectivity index (χ4n) is 2.02. The summed E-state index contributed by atoms with van der Waals surface area (Å²) in [5.41, 5.74) is 1.54. The molecular formula is C15H9Cl4N3. The predicted octanol–water partition coefficient (Wildman–Crippen LogP) is 5.63. The van der Waals surface area contributed by atoms with E-state index in [0.29, 0.717) is 26.7 Å². The molecule has 0 spiro atoms. The average molecular weight is 373 g/mol. The molecule has 0 amide bonds. The second-order valence-corrected chi connectivity index (χ2v) is 6.04. The first-order chi connectivity index (χ1) is 10.6. The lowest BCUT2D eigenvalue weighted by Crippen LogP contribution is -2.00. The lowest BCUT2D eigenvalue weighted by Gasteiger charge is -2.07. The number of hydrogen-bond donors (Lipinski definition) is 0. The lowest BCUT2D eigenvalue weighted by atomic mass is 10.2. The summed E-state index contributed by atoms with van der Waals surface area (Å²) in [5, 5.41) is 6.11. The van der Waals surface area contributed by atoms with Crippen molar-refractivity contribution in [3.63, 3.8) is 0 Å². The molecule has 7 heteroatoms. The largest absolute Gasteiger partial charge is 0.213 e. The van der Waals surface area contributed by atoms with Gasteiger partial charge in [-0.25, -0.2) is 9.67 Å². The third-order valence-corrected chi connectivity index (χ3v) is 4.05. The quantitative estimate of drug-likeness (QED) is 0.557. The Kier molecular flexibility index (Phi) is 4.59. The molecule has 0 aliphatic rings. The minimum absolute atomic E-state index is 0.207. The minimum atomic E-state index is 0.207. The van der Waals surface area contributed by atoms with E-state index in [9.17, 15) is 0 Å². The summed E-state index contributed by atoms with van der Waals surface area (Å²) < 4.78 is 1.68. The van der Waals surface area contributed by atoms with Gasteiger partial charge in [0.05, 0.1) is 16.6 Å². The molecule has 0 N–H and O–H groups in total. The smallest absolute Gasteiger partial charge is 0.166 e. The summed E-state index contributed by atoms with van der Waals surface area (Å²) in [5.74, 6) is 1.32. The van der Waals surface area contributed by atoms with Crippen LogP contribution in [0.4, 0.5) is 0 Å². The summed E-state index contributed by atoms with van der Waals surface area (Å²) in [6.07, 6.45) is 0. The highest BCUT2D eigenvalue weighted by Crippen LogP contribution is 2.31. The van der Waals surface area contributed by atoms with Crippen LogP contribution < -0.4 is 0 Å². The number of nitrogens with zero attached hydrogens (tertiary/aromatic N) is 3. The molecule has 0 unspecified atom stereocenters. The van der Waals surface area contributed by atoms with Crippen molar-refractivity contribution in [1.82, 2.24) is 14.8 Å². The van der Waals surface area contributed by atoms with Crippen molar-refractivity contribution < 1.29 is 0 Å². The minimum Gasteiger partial charge on any atom is -0.213 e. The Hall–Kier alpha value is -1.26. The summed E-state index contributed by atoms with van der Waals surface area (Å²) in [4.78, 5) is 4.45. The third-order valence-electron chi connectivity index (χ3n) is 3.01. The van der Waals surface area contributed by atoms with Crippen molar-refractivity contribution in [1.29, 1.82) is 0 Å². The van der Waals surface area contributed by atoms with Crippen LogP contribution in [0.25, 0.3) is 17.1 Å². The molecule has 0 radical (unpaired) electrons. The van der Waals surface area contributed by atoms with Crippen LogP contribution in [0.5, 0.6) is 0 Å². The van der Waals surface area contributed by atoms with Crippen LogP contribution in [-0.4, -0.2) is 14.8 Å². The van der Waals surface area contributed by atoms with Crippen LogP contribution in [0.3, 0.4) is 0 Å². The topological polar surface area (TPSA) is 30.7 Å². The first-order valence-corrected chi connectivity index (χ1v) is 7.98. The Morgan fingerprint density at radius 3 is 2.23 bits per heavy atom. The molecule has 1 aromatic heterocycles. The molecule has 0 fully saturated rings. The van der Waals surface area contributed by atoms with Gasteiger partial charge in [-0.05, 0) is 42.5 Å². The first-order valence-electron chi connectivity index (χ1n) is 6.32. The van der Waals surface area contributed by atoms with Gasteiger partial charge >= 0.3 is 0 Å². The molecule has 0 saturated heterocycles. The van der Waals surface area contributed by atoms with Gasteiger partial charge in [-0.3, -0.25) is 0 Å². The predicted molar refractivity (Wildman–Crippen MR) is 91.4 cm³/mol. The zero-order chi connectivity index (χ0) is 15.7. The van der Waals surface area contributed by atoms with E-state index in [2.05, 4.69) is 10.1 Å². The number of alkyl halides is 1. The van der Waals surface area contributed by atoms with Crippen molar-refractivity contribution in [3.05, 3.63) is 63.4 Å². The Morgan fingerprint density at radius 2 is 1.59 bits per heavy atom. The summed E-state index contributed by atoms with van der Waals surface area (Å²) in [7, 11) is 0. The van der Waals surface area contributed by atoms with Crippen LogP contribution >= 0.6 is 46.4 Å². The van der Waals surface area contributed by atoms with Gasteiger partial charge in [-0.15, -0.1) is 16.7 Å². The van der Waals surface area contributed by atoms with Gasteiger partial charge in [0.1, 0.15) is 0 Å².